The Kier molecular flexibility index (Phi) is 7.36. The van der Waals surface area contributed by atoms with Crippen LogP contribution in [-0.4, -0.2) is 18.9 Å². The number of halogens is 2. The summed E-state index contributed by atoms with van der Waals surface area (Å²) in [6.07, 6.45) is 2.31. The first-order chi connectivity index (χ1) is 5.72. The van der Waals surface area contributed by atoms with Gasteiger partial charge in [-0.2, -0.15) is 0 Å². The van der Waals surface area contributed by atoms with Crippen molar-refractivity contribution in [2.75, 3.05) is 6.67 Å². The summed E-state index contributed by atoms with van der Waals surface area (Å²) in [5.74, 6) is 0. The normalized spacial score (nSPS) is 16.0. The molecule has 0 aliphatic carbocycles. The fourth-order valence-electron chi connectivity index (χ4n) is 1.08. The Morgan fingerprint density at radius 3 is 2.42 bits per heavy atom. The second-order valence-corrected chi connectivity index (χ2v) is 3.13. The summed E-state index contributed by atoms with van der Waals surface area (Å²) >= 11 is 0. The Balaban J connectivity index is 3.24. The minimum atomic E-state index is -0.908. The van der Waals surface area contributed by atoms with E-state index in [1.54, 1.807) is 0 Å². The first kappa shape index (κ1) is 11.8. The molecule has 2 atom stereocenters. The van der Waals surface area contributed by atoms with Gasteiger partial charge in [-0.1, -0.05) is 19.8 Å². The second-order valence-electron chi connectivity index (χ2n) is 3.13. The van der Waals surface area contributed by atoms with Crippen LogP contribution in [0.15, 0.2) is 0 Å². The zero-order valence-electron chi connectivity index (χ0n) is 7.73. The van der Waals surface area contributed by atoms with Crippen molar-refractivity contribution < 1.29 is 8.78 Å². The quantitative estimate of drug-likeness (QED) is 0.597. The van der Waals surface area contributed by atoms with E-state index in [0.717, 1.165) is 12.8 Å². The average molecular weight is 179 g/mol. The van der Waals surface area contributed by atoms with Gasteiger partial charge in [-0.15, -0.1) is 0 Å². The van der Waals surface area contributed by atoms with Crippen molar-refractivity contribution in [1.82, 2.24) is 0 Å². The van der Waals surface area contributed by atoms with Crippen LogP contribution in [0.3, 0.4) is 0 Å². The maximum Gasteiger partial charge on any atom is 0.115 e. The predicted molar refractivity (Wildman–Crippen MR) is 47.6 cm³/mol. The minimum absolute atomic E-state index is 0.295. The minimum Gasteiger partial charge on any atom is -0.325 e. The van der Waals surface area contributed by atoms with E-state index in [0.29, 0.717) is 19.3 Å². The molecule has 0 aromatic heterocycles. The third kappa shape index (κ3) is 5.47. The van der Waals surface area contributed by atoms with Crippen LogP contribution < -0.4 is 5.73 Å². The molecule has 0 radical (unpaired) electrons. The standard InChI is InChI=1S/C9H19F2N/c1-2-9(12)8(11)6-4-3-5-7-10/h8-9H,2-7,12H2,1H3. The molecule has 0 rings (SSSR count). The maximum absolute atomic E-state index is 13.0. The first-order valence-corrected chi connectivity index (χ1v) is 4.68. The van der Waals surface area contributed by atoms with Crippen molar-refractivity contribution in [1.29, 1.82) is 0 Å². The SMILES string of the molecule is CCC(N)C(F)CCCCCF. The molecular formula is C9H19F2N. The smallest absolute Gasteiger partial charge is 0.115 e. The van der Waals surface area contributed by atoms with Gasteiger partial charge < -0.3 is 5.73 Å². The zero-order chi connectivity index (χ0) is 9.40. The van der Waals surface area contributed by atoms with Gasteiger partial charge in [-0.25, -0.2) is 4.39 Å². The van der Waals surface area contributed by atoms with E-state index < -0.39 is 6.17 Å². The molecule has 2 N–H and O–H groups in total. The molecular weight excluding hydrogens is 160 g/mol. The van der Waals surface area contributed by atoms with Crippen LogP contribution in [0.4, 0.5) is 8.78 Å². The van der Waals surface area contributed by atoms with Crippen LogP contribution in [0.2, 0.25) is 0 Å². The van der Waals surface area contributed by atoms with Gasteiger partial charge in [-0.3, -0.25) is 4.39 Å². The zero-order valence-corrected chi connectivity index (χ0v) is 7.73. The van der Waals surface area contributed by atoms with E-state index in [2.05, 4.69) is 0 Å². The van der Waals surface area contributed by atoms with Crippen LogP contribution in [0.1, 0.15) is 39.0 Å². The summed E-state index contributed by atoms with van der Waals surface area (Å²) in [6, 6.07) is -0.338. The molecule has 74 valence electrons. The molecule has 0 aromatic rings. The molecule has 0 aliphatic rings. The van der Waals surface area contributed by atoms with Crippen LogP contribution in [-0.2, 0) is 0 Å². The first-order valence-electron chi connectivity index (χ1n) is 4.68. The summed E-state index contributed by atoms with van der Waals surface area (Å²) in [5.41, 5.74) is 5.48. The molecule has 3 heteroatoms. The molecule has 0 saturated heterocycles. The van der Waals surface area contributed by atoms with Crippen molar-refractivity contribution >= 4 is 0 Å². The van der Waals surface area contributed by atoms with Crippen molar-refractivity contribution in [3.05, 3.63) is 0 Å². The predicted octanol–water partition coefficient (Wildman–Crippen LogP) is 2.59. The number of alkyl halides is 2. The fourth-order valence-corrected chi connectivity index (χ4v) is 1.08. The highest BCUT2D eigenvalue weighted by Crippen LogP contribution is 2.10. The van der Waals surface area contributed by atoms with Gasteiger partial charge in [0.2, 0.25) is 0 Å². The van der Waals surface area contributed by atoms with Crippen molar-refractivity contribution in [2.24, 2.45) is 5.73 Å². The number of nitrogens with two attached hydrogens (primary N) is 1. The van der Waals surface area contributed by atoms with Crippen LogP contribution in [0.25, 0.3) is 0 Å². The highest BCUT2D eigenvalue weighted by Gasteiger charge is 2.13. The van der Waals surface area contributed by atoms with Crippen LogP contribution in [0.5, 0.6) is 0 Å². The molecule has 0 aliphatic heterocycles. The average Bonchev–Trinajstić information content (AvgIpc) is 2.10. The monoisotopic (exact) mass is 179 g/mol. The maximum atomic E-state index is 13.0. The number of rotatable bonds is 7. The van der Waals surface area contributed by atoms with Crippen molar-refractivity contribution in [2.45, 2.75) is 51.2 Å². The third-order valence-electron chi connectivity index (χ3n) is 2.05. The molecule has 12 heavy (non-hydrogen) atoms. The summed E-state index contributed by atoms with van der Waals surface area (Å²) in [5, 5.41) is 0. The van der Waals surface area contributed by atoms with Gasteiger partial charge in [0.15, 0.2) is 0 Å². The molecule has 1 nitrogen and oxygen atoms in total. The highest BCUT2D eigenvalue weighted by atomic mass is 19.1. The topological polar surface area (TPSA) is 26.0 Å². The molecule has 0 amide bonds. The second kappa shape index (κ2) is 7.47. The Labute approximate surface area is 73.3 Å². The highest BCUT2D eigenvalue weighted by molar-refractivity contribution is 4.70. The fraction of sp³-hybridized carbons (Fsp3) is 1.00. The molecule has 0 fully saturated rings. The molecule has 0 aromatic carbocycles. The Bertz CT molecular complexity index is 98.5. The van der Waals surface area contributed by atoms with Crippen molar-refractivity contribution in [3.63, 3.8) is 0 Å². The van der Waals surface area contributed by atoms with Gasteiger partial charge in [0.25, 0.3) is 0 Å². The van der Waals surface area contributed by atoms with Gasteiger partial charge in [-0.05, 0) is 19.3 Å². The lowest BCUT2D eigenvalue weighted by molar-refractivity contribution is 0.252. The third-order valence-corrected chi connectivity index (χ3v) is 2.05. The van der Waals surface area contributed by atoms with Gasteiger partial charge >= 0.3 is 0 Å². The van der Waals surface area contributed by atoms with Gasteiger partial charge in [0, 0.05) is 6.04 Å². The van der Waals surface area contributed by atoms with E-state index in [9.17, 15) is 8.78 Å². The molecule has 0 spiro atoms. The molecule has 0 heterocycles. The van der Waals surface area contributed by atoms with E-state index in [1.807, 2.05) is 6.92 Å². The number of hydrogen-bond acceptors (Lipinski definition) is 1. The van der Waals surface area contributed by atoms with Crippen LogP contribution in [0, 0.1) is 0 Å². The summed E-state index contributed by atoms with van der Waals surface area (Å²) in [6.45, 7) is 1.58. The van der Waals surface area contributed by atoms with E-state index in [1.165, 1.54) is 0 Å². The molecule has 2 unspecified atom stereocenters. The Hall–Kier alpha value is -0.180. The lowest BCUT2D eigenvalue weighted by Crippen LogP contribution is -2.30. The lowest BCUT2D eigenvalue weighted by atomic mass is 10.0. The van der Waals surface area contributed by atoms with Gasteiger partial charge in [0.1, 0.15) is 6.17 Å². The lowest BCUT2D eigenvalue weighted by Gasteiger charge is -2.13. The van der Waals surface area contributed by atoms with E-state index in [-0.39, 0.29) is 12.7 Å². The Morgan fingerprint density at radius 1 is 1.25 bits per heavy atom. The van der Waals surface area contributed by atoms with E-state index >= 15 is 0 Å². The van der Waals surface area contributed by atoms with Crippen LogP contribution >= 0.6 is 0 Å². The summed E-state index contributed by atoms with van der Waals surface area (Å²) in [7, 11) is 0. The number of hydrogen-bond donors (Lipinski definition) is 1. The number of unbranched alkanes of at least 4 members (excludes halogenated alkanes) is 2. The summed E-state index contributed by atoms with van der Waals surface area (Å²) in [4.78, 5) is 0. The van der Waals surface area contributed by atoms with Gasteiger partial charge in [0.05, 0.1) is 6.67 Å². The molecule has 0 bridgehead atoms. The van der Waals surface area contributed by atoms with Crippen molar-refractivity contribution in [3.8, 4) is 0 Å². The molecule has 0 saturated carbocycles. The van der Waals surface area contributed by atoms with E-state index in [4.69, 9.17) is 5.73 Å². The summed E-state index contributed by atoms with van der Waals surface area (Å²) < 4.78 is 24.6. The Morgan fingerprint density at radius 2 is 1.92 bits per heavy atom. The largest absolute Gasteiger partial charge is 0.325 e.